The van der Waals surface area contributed by atoms with E-state index in [9.17, 15) is 5.11 Å². The summed E-state index contributed by atoms with van der Waals surface area (Å²) in [6.45, 7) is 10.8. The van der Waals surface area contributed by atoms with Gasteiger partial charge < -0.3 is 25.5 Å². The van der Waals surface area contributed by atoms with Crippen LogP contribution in [0.25, 0.3) is 0 Å². The molecular formula is C21H42IN5O. The number of nitrogens with zero attached hydrogens (tertiary/aromatic N) is 3. The number of aliphatic imine (C=N–C) groups is 1. The minimum atomic E-state index is -0.0801. The van der Waals surface area contributed by atoms with Crippen LogP contribution in [0, 0.1) is 5.92 Å². The lowest BCUT2D eigenvalue weighted by atomic mass is 10.1. The van der Waals surface area contributed by atoms with E-state index in [1.54, 1.807) is 0 Å². The van der Waals surface area contributed by atoms with Gasteiger partial charge in [-0.05, 0) is 57.9 Å². The fraction of sp³-hybridized carbons (Fsp3) is 0.952. The molecule has 0 amide bonds. The van der Waals surface area contributed by atoms with E-state index in [1.807, 2.05) is 0 Å². The summed E-state index contributed by atoms with van der Waals surface area (Å²) in [5, 5.41) is 16.7. The minimum absolute atomic E-state index is 0. The molecule has 3 aliphatic rings. The monoisotopic (exact) mass is 507 g/mol. The van der Waals surface area contributed by atoms with Crippen LogP contribution in [0.3, 0.4) is 0 Å². The Morgan fingerprint density at radius 2 is 1.75 bits per heavy atom. The Hall–Kier alpha value is -0.120. The van der Waals surface area contributed by atoms with Crippen molar-refractivity contribution in [1.82, 2.24) is 20.4 Å². The Morgan fingerprint density at radius 1 is 1.04 bits per heavy atom. The van der Waals surface area contributed by atoms with Crippen molar-refractivity contribution in [2.75, 3.05) is 52.4 Å². The zero-order chi connectivity index (χ0) is 18.9. The van der Waals surface area contributed by atoms with E-state index in [4.69, 9.17) is 4.99 Å². The Morgan fingerprint density at radius 3 is 2.46 bits per heavy atom. The molecule has 0 aromatic carbocycles. The summed E-state index contributed by atoms with van der Waals surface area (Å²) in [6.07, 6.45) is 9.84. The zero-order valence-electron chi connectivity index (χ0n) is 17.7. The normalized spacial score (nSPS) is 25.8. The van der Waals surface area contributed by atoms with Crippen LogP contribution < -0.4 is 10.6 Å². The lowest BCUT2D eigenvalue weighted by molar-refractivity contribution is 0.0824. The molecule has 3 fully saturated rings. The van der Waals surface area contributed by atoms with Crippen molar-refractivity contribution in [2.24, 2.45) is 10.9 Å². The van der Waals surface area contributed by atoms with Crippen LogP contribution in [-0.4, -0.2) is 85.4 Å². The average molecular weight is 508 g/mol. The van der Waals surface area contributed by atoms with Crippen LogP contribution in [0.15, 0.2) is 4.99 Å². The second kappa shape index (κ2) is 13.2. The maximum Gasteiger partial charge on any atom is 0.191 e. The molecule has 1 aliphatic carbocycles. The van der Waals surface area contributed by atoms with E-state index in [-0.39, 0.29) is 30.1 Å². The number of hydrogen-bond donors (Lipinski definition) is 3. The molecule has 3 N–H and O–H groups in total. The highest BCUT2D eigenvalue weighted by atomic mass is 127. The van der Waals surface area contributed by atoms with Gasteiger partial charge in [0.15, 0.2) is 5.96 Å². The van der Waals surface area contributed by atoms with Crippen LogP contribution in [0.1, 0.15) is 58.3 Å². The van der Waals surface area contributed by atoms with Gasteiger partial charge in [0.1, 0.15) is 0 Å². The number of rotatable bonds is 8. The van der Waals surface area contributed by atoms with Crippen molar-refractivity contribution in [3.8, 4) is 0 Å². The van der Waals surface area contributed by atoms with Crippen LogP contribution in [0.2, 0.25) is 0 Å². The highest BCUT2D eigenvalue weighted by Gasteiger charge is 2.26. The van der Waals surface area contributed by atoms with E-state index in [0.717, 1.165) is 70.4 Å². The van der Waals surface area contributed by atoms with Crippen molar-refractivity contribution >= 4 is 29.9 Å². The standard InChI is InChI=1S/C21H41N5O.HI/c1-2-22-21(23-11-5-12-25-14-9-20(27)10-15-25)24-19-8-13-26(17-19)16-18-6-3-4-7-18;/h18-20,27H,2-17H2,1H3,(H2,22,23,24);1H. The van der Waals surface area contributed by atoms with Crippen LogP contribution in [0.4, 0.5) is 0 Å². The van der Waals surface area contributed by atoms with Gasteiger partial charge >= 0.3 is 0 Å². The van der Waals surface area contributed by atoms with Crippen molar-refractivity contribution in [2.45, 2.75) is 70.4 Å². The van der Waals surface area contributed by atoms with E-state index >= 15 is 0 Å². The Labute approximate surface area is 188 Å². The molecule has 2 saturated heterocycles. The number of guanidine groups is 1. The number of piperidine rings is 1. The molecule has 7 heteroatoms. The fourth-order valence-electron chi connectivity index (χ4n) is 4.82. The van der Waals surface area contributed by atoms with Gasteiger partial charge in [-0.1, -0.05) is 12.8 Å². The molecule has 1 unspecified atom stereocenters. The molecule has 28 heavy (non-hydrogen) atoms. The number of nitrogens with one attached hydrogen (secondary N) is 2. The second-order valence-corrected chi connectivity index (χ2v) is 8.73. The number of aliphatic hydroxyl groups is 1. The summed E-state index contributed by atoms with van der Waals surface area (Å²) < 4.78 is 0. The predicted octanol–water partition coefficient (Wildman–Crippen LogP) is 2.27. The molecule has 1 saturated carbocycles. The lowest BCUT2D eigenvalue weighted by Gasteiger charge is -2.29. The van der Waals surface area contributed by atoms with Crippen LogP contribution in [-0.2, 0) is 0 Å². The molecule has 1 atom stereocenters. The molecule has 6 nitrogen and oxygen atoms in total. The van der Waals surface area contributed by atoms with Gasteiger partial charge in [0.25, 0.3) is 0 Å². The summed E-state index contributed by atoms with van der Waals surface area (Å²) in [5.41, 5.74) is 0. The van der Waals surface area contributed by atoms with Gasteiger partial charge in [-0.15, -0.1) is 24.0 Å². The first-order valence-corrected chi connectivity index (χ1v) is 11.4. The smallest absolute Gasteiger partial charge is 0.191 e. The topological polar surface area (TPSA) is 63.1 Å². The van der Waals surface area contributed by atoms with Crippen LogP contribution in [0.5, 0.6) is 0 Å². The third kappa shape index (κ3) is 8.32. The van der Waals surface area contributed by atoms with E-state index < -0.39 is 0 Å². The number of aliphatic hydroxyl groups excluding tert-OH is 1. The maximum atomic E-state index is 9.60. The van der Waals surface area contributed by atoms with Crippen LogP contribution >= 0.6 is 24.0 Å². The largest absolute Gasteiger partial charge is 0.393 e. The Kier molecular flexibility index (Phi) is 11.4. The molecule has 0 radical (unpaired) electrons. The van der Waals surface area contributed by atoms with Crippen molar-refractivity contribution in [1.29, 1.82) is 0 Å². The SMILES string of the molecule is CCNC(=NCCCN1CCC(O)CC1)NC1CCN(CC2CCCC2)C1.I. The number of hydrogen-bond acceptors (Lipinski definition) is 4. The second-order valence-electron chi connectivity index (χ2n) is 8.73. The molecule has 0 aromatic heterocycles. The quantitative estimate of drug-likeness (QED) is 0.204. The summed E-state index contributed by atoms with van der Waals surface area (Å²) in [7, 11) is 0. The molecule has 0 spiro atoms. The Bertz CT molecular complexity index is 450. The average Bonchev–Trinajstić information content (AvgIpc) is 3.33. The first-order chi connectivity index (χ1) is 13.2. The summed E-state index contributed by atoms with van der Waals surface area (Å²) in [6, 6.07) is 0.535. The number of halogens is 1. The highest BCUT2D eigenvalue weighted by Crippen LogP contribution is 2.26. The van der Waals surface area contributed by atoms with Gasteiger partial charge in [0.2, 0.25) is 0 Å². The molecule has 2 aliphatic heterocycles. The Balaban J connectivity index is 0.00000280. The summed E-state index contributed by atoms with van der Waals surface area (Å²) >= 11 is 0. The van der Waals surface area contributed by atoms with E-state index in [2.05, 4.69) is 27.4 Å². The van der Waals surface area contributed by atoms with Gasteiger partial charge in [-0.3, -0.25) is 4.99 Å². The van der Waals surface area contributed by atoms with Crippen molar-refractivity contribution < 1.29 is 5.11 Å². The van der Waals surface area contributed by atoms with E-state index in [1.165, 1.54) is 45.2 Å². The fourth-order valence-corrected chi connectivity index (χ4v) is 4.82. The third-order valence-corrected chi connectivity index (χ3v) is 6.41. The predicted molar refractivity (Wildman–Crippen MR) is 128 cm³/mol. The summed E-state index contributed by atoms with van der Waals surface area (Å²) in [4.78, 5) is 9.92. The molecule has 3 rings (SSSR count). The summed E-state index contributed by atoms with van der Waals surface area (Å²) in [5.74, 6) is 1.93. The highest BCUT2D eigenvalue weighted by molar-refractivity contribution is 14.0. The van der Waals surface area contributed by atoms with Crippen molar-refractivity contribution in [3.63, 3.8) is 0 Å². The van der Waals surface area contributed by atoms with Gasteiger partial charge in [-0.2, -0.15) is 0 Å². The lowest BCUT2D eigenvalue weighted by Crippen LogP contribution is -2.45. The maximum absolute atomic E-state index is 9.60. The van der Waals surface area contributed by atoms with Crippen molar-refractivity contribution in [3.05, 3.63) is 0 Å². The molecule has 164 valence electrons. The molecular weight excluding hydrogens is 465 g/mol. The van der Waals surface area contributed by atoms with Gasteiger partial charge in [-0.25, -0.2) is 0 Å². The molecule has 0 aromatic rings. The molecule has 2 heterocycles. The zero-order valence-corrected chi connectivity index (χ0v) is 20.1. The van der Waals surface area contributed by atoms with E-state index in [0.29, 0.717) is 6.04 Å². The first kappa shape index (κ1) is 24.2. The number of likely N-dealkylation sites (tertiary alicyclic amines) is 2. The molecule has 0 bridgehead atoms. The third-order valence-electron chi connectivity index (χ3n) is 6.41. The first-order valence-electron chi connectivity index (χ1n) is 11.4. The van der Waals surface area contributed by atoms with Gasteiger partial charge in [0.05, 0.1) is 6.10 Å². The van der Waals surface area contributed by atoms with Gasteiger partial charge in [0, 0.05) is 51.9 Å². The minimum Gasteiger partial charge on any atom is -0.393 e.